The lowest BCUT2D eigenvalue weighted by Gasteiger charge is -2.08. The van der Waals surface area contributed by atoms with Crippen LogP contribution in [-0.4, -0.2) is 15.5 Å². The standard InChI is InChI=1S/C19H16ClN3O2/c20-16-8-6-15(7-9-16)17-10-19(25)23(13-22-17)12-18(24)21-11-14-4-2-1-3-5-14/h1-10,13H,11-12H2,(H,21,24). The highest BCUT2D eigenvalue weighted by molar-refractivity contribution is 6.30. The summed E-state index contributed by atoms with van der Waals surface area (Å²) < 4.78 is 1.28. The van der Waals surface area contributed by atoms with Gasteiger partial charge in [0.05, 0.1) is 12.0 Å². The van der Waals surface area contributed by atoms with Gasteiger partial charge in [-0.05, 0) is 17.7 Å². The fourth-order valence-electron chi connectivity index (χ4n) is 2.33. The van der Waals surface area contributed by atoms with Gasteiger partial charge in [-0.1, -0.05) is 54.1 Å². The zero-order chi connectivity index (χ0) is 17.6. The summed E-state index contributed by atoms with van der Waals surface area (Å²) in [7, 11) is 0. The van der Waals surface area contributed by atoms with E-state index in [1.54, 1.807) is 24.3 Å². The highest BCUT2D eigenvalue weighted by atomic mass is 35.5. The predicted octanol–water partition coefficient (Wildman–Crippen LogP) is 2.88. The van der Waals surface area contributed by atoms with Crippen molar-refractivity contribution in [1.29, 1.82) is 0 Å². The van der Waals surface area contributed by atoms with Crippen molar-refractivity contribution in [3.8, 4) is 11.3 Å². The Morgan fingerprint density at radius 2 is 1.80 bits per heavy atom. The third kappa shape index (κ3) is 4.55. The van der Waals surface area contributed by atoms with Gasteiger partial charge in [0, 0.05) is 23.2 Å². The van der Waals surface area contributed by atoms with Gasteiger partial charge in [-0.15, -0.1) is 0 Å². The van der Waals surface area contributed by atoms with E-state index in [2.05, 4.69) is 10.3 Å². The van der Waals surface area contributed by atoms with Gasteiger partial charge in [0.2, 0.25) is 5.91 Å². The summed E-state index contributed by atoms with van der Waals surface area (Å²) in [5.41, 5.74) is 2.05. The molecule has 126 valence electrons. The molecule has 0 aliphatic carbocycles. The molecular weight excluding hydrogens is 338 g/mol. The third-order valence-corrected chi connectivity index (χ3v) is 3.92. The summed E-state index contributed by atoms with van der Waals surface area (Å²) in [6.45, 7) is 0.351. The van der Waals surface area contributed by atoms with Gasteiger partial charge in [0.25, 0.3) is 5.56 Å². The summed E-state index contributed by atoms with van der Waals surface area (Å²) in [6.07, 6.45) is 1.38. The lowest BCUT2D eigenvalue weighted by molar-refractivity contribution is -0.121. The van der Waals surface area contributed by atoms with Crippen molar-refractivity contribution in [2.24, 2.45) is 0 Å². The van der Waals surface area contributed by atoms with Crippen molar-refractivity contribution in [2.45, 2.75) is 13.1 Å². The van der Waals surface area contributed by atoms with Gasteiger partial charge in [-0.3, -0.25) is 14.2 Å². The second-order valence-corrected chi connectivity index (χ2v) is 5.95. The lowest BCUT2D eigenvalue weighted by Crippen LogP contribution is -2.31. The van der Waals surface area contributed by atoms with Crippen molar-refractivity contribution in [3.63, 3.8) is 0 Å². The van der Waals surface area contributed by atoms with Crippen molar-refractivity contribution < 1.29 is 4.79 Å². The molecule has 3 aromatic rings. The van der Waals surface area contributed by atoms with E-state index in [0.29, 0.717) is 17.3 Å². The molecule has 0 saturated heterocycles. The number of halogens is 1. The number of aromatic nitrogens is 2. The number of benzene rings is 2. The van der Waals surface area contributed by atoms with Gasteiger partial charge in [-0.25, -0.2) is 4.98 Å². The van der Waals surface area contributed by atoms with Crippen LogP contribution in [0.1, 0.15) is 5.56 Å². The molecule has 0 unspecified atom stereocenters. The van der Waals surface area contributed by atoms with E-state index in [-0.39, 0.29) is 18.0 Å². The minimum atomic E-state index is -0.283. The first-order chi connectivity index (χ1) is 12.1. The Kier molecular flexibility index (Phi) is 5.26. The van der Waals surface area contributed by atoms with Gasteiger partial charge in [-0.2, -0.15) is 0 Å². The van der Waals surface area contributed by atoms with Crippen LogP contribution in [0.2, 0.25) is 5.02 Å². The molecular formula is C19H16ClN3O2. The molecule has 0 radical (unpaired) electrons. The highest BCUT2D eigenvalue weighted by Crippen LogP contribution is 2.17. The number of rotatable bonds is 5. The summed E-state index contributed by atoms with van der Waals surface area (Å²) in [6, 6.07) is 18.1. The van der Waals surface area contributed by atoms with Gasteiger partial charge < -0.3 is 5.32 Å². The first-order valence-electron chi connectivity index (χ1n) is 7.75. The van der Waals surface area contributed by atoms with Gasteiger partial charge in [0.15, 0.2) is 0 Å². The second-order valence-electron chi connectivity index (χ2n) is 5.51. The van der Waals surface area contributed by atoms with Crippen LogP contribution in [0.5, 0.6) is 0 Å². The normalized spacial score (nSPS) is 10.4. The maximum Gasteiger partial charge on any atom is 0.254 e. The van der Waals surface area contributed by atoms with E-state index in [1.165, 1.54) is 17.0 Å². The summed E-state index contributed by atoms with van der Waals surface area (Å²) in [5, 5.41) is 3.40. The molecule has 0 aliphatic rings. The van der Waals surface area contributed by atoms with E-state index in [4.69, 9.17) is 11.6 Å². The van der Waals surface area contributed by atoms with Crippen molar-refractivity contribution >= 4 is 17.5 Å². The van der Waals surface area contributed by atoms with Crippen LogP contribution in [0.25, 0.3) is 11.3 Å². The van der Waals surface area contributed by atoms with E-state index >= 15 is 0 Å². The maximum absolute atomic E-state index is 12.2. The Bertz CT molecular complexity index is 921. The first kappa shape index (κ1) is 16.9. The van der Waals surface area contributed by atoms with Crippen LogP contribution in [0.15, 0.2) is 71.8 Å². The van der Waals surface area contributed by atoms with Crippen LogP contribution in [0.4, 0.5) is 0 Å². The monoisotopic (exact) mass is 353 g/mol. The zero-order valence-electron chi connectivity index (χ0n) is 13.4. The van der Waals surface area contributed by atoms with E-state index < -0.39 is 0 Å². The fourth-order valence-corrected chi connectivity index (χ4v) is 2.46. The molecule has 25 heavy (non-hydrogen) atoms. The number of hydrogen-bond donors (Lipinski definition) is 1. The SMILES string of the molecule is O=C(Cn1cnc(-c2ccc(Cl)cc2)cc1=O)NCc1ccccc1. The average Bonchev–Trinajstić information content (AvgIpc) is 2.63. The number of carbonyl (C=O) groups is 1. The molecule has 0 atom stereocenters. The highest BCUT2D eigenvalue weighted by Gasteiger charge is 2.07. The Balaban J connectivity index is 1.66. The summed E-state index contributed by atoms with van der Waals surface area (Å²) in [5.74, 6) is -0.244. The van der Waals surface area contributed by atoms with Crippen LogP contribution in [0, 0.1) is 0 Å². The third-order valence-electron chi connectivity index (χ3n) is 3.67. The average molecular weight is 354 g/mol. The molecule has 2 aromatic carbocycles. The molecule has 3 rings (SSSR count). The van der Waals surface area contributed by atoms with Crippen molar-refractivity contribution in [1.82, 2.24) is 14.9 Å². The van der Waals surface area contributed by atoms with Gasteiger partial charge in [0.1, 0.15) is 6.54 Å². The summed E-state index contributed by atoms with van der Waals surface area (Å²) >= 11 is 5.86. The quantitative estimate of drug-likeness (QED) is 0.767. The molecule has 0 saturated carbocycles. The number of amides is 1. The minimum Gasteiger partial charge on any atom is -0.350 e. The van der Waals surface area contributed by atoms with Crippen LogP contribution in [0.3, 0.4) is 0 Å². The molecule has 1 N–H and O–H groups in total. The van der Waals surface area contributed by atoms with Crippen LogP contribution in [-0.2, 0) is 17.9 Å². The summed E-state index contributed by atoms with van der Waals surface area (Å²) in [4.78, 5) is 28.5. The molecule has 0 aliphatic heterocycles. The van der Waals surface area contributed by atoms with E-state index in [0.717, 1.165) is 11.1 Å². The maximum atomic E-state index is 12.2. The molecule has 0 fully saturated rings. The van der Waals surface area contributed by atoms with E-state index in [9.17, 15) is 9.59 Å². The Morgan fingerprint density at radius 3 is 2.48 bits per heavy atom. The molecule has 6 heteroatoms. The predicted molar refractivity (Wildman–Crippen MR) is 97.2 cm³/mol. The Labute approximate surface area is 149 Å². The van der Waals surface area contributed by atoms with E-state index in [1.807, 2.05) is 30.3 Å². The topological polar surface area (TPSA) is 64.0 Å². The number of carbonyl (C=O) groups excluding carboxylic acids is 1. The van der Waals surface area contributed by atoms with Crippen LogP contribution < -0.4 is 10.9 Å². The fraction of sp³-hybridized carbons (Fsp3) is 0.105. The molecule has 1 amide bonds. The number of nitrogens with zero attached hydrogens (tertiary/aromatic N) is 2. The Morgan fingerprint density at radius 1 is 1.08 bits per heavy atom. The molecule has 0 spiro atoms. The Hall–Kier alpha value is -2.92. The second kappa shape index (κ2) is 7.77. The minimum absolute atomic E-state index is 0.0699. The molecule has 0 bridgehead atoms. The largest absolute Gasteiger partial charge is 0.350 e. The molecule has 1 aromatic heterocycles. The van der Waals surface area contributed by atoms with Gasteiger partial charge >= 0.3 is 0 Å². The van der Waals surface area contributed by atoms with Crippen molar-refractivity contribution in [2.75, 3.05) is 0 Å². The van der Waals surface area contributed by atoms with Crippen molar-refractivity contribution in [3.05, 3.63) is 87.9 Å². The lowest BCUT2D eigenvalue weighted by atomic mass is 10.1. The molecule has 1 heterocycles. The smallest absolute Gasteiger partial charge is 0.254 e. The number of hydrogen-bond acceptors (Lipinski definition) is 3. The molecule has 5 nitrogen and oxygen atoms in total. The van der Waals surface area contributed by atoms with Crippen LogP contribution >= 0.6 is 11.6 Å². The first-order valence-corrected chi connectivity index (χ1v) is 8.13. The number of nitrogens with one attached hydrogen (secondary N) is 1. The zero-order valence-corrected chi connectivity index (χ0v) is 14.1.